The van der Waals surface area contributed by atoms with Crippen molar-refractivity contribution in [3.8, 4) is 0 Å². The molecular weight excluding hydrogens is 278 g/mol. The number of aryl methyl sites for hydroxylation is 3. The monoisotopic (exact) mass is 295 g/mol. The molecule has 5 heteroatoms. The predicted octanol–water partition coefficient (Wildman–Crippen LogP) is 2.69. The van der Waals surface area contributed by atoms with Crippen LogP contribution in [0.25, 0.3) is 6.08 Å². The third kappa shape index (κ3) is 2.45. The molecule has 1 aromatic carbocycles. The fourth-order valence-corrected chi connectivity index (χ4v) is 2.36. The Labute approximate surface area is 128 Å². The Morgan fingerprint density at radius 3 is 2.41 bits per heavy atom. The molecule has 1 aliphatic heterocycles. The van der Waals surface area contributed by atoms with Crippen LogP contribution in [-0.2, 0) is 16.6 Å². The third-order valence-electron chi connectivity index (χ3n) is 3.77. The van der Waals surface area contributed by atoms with E-state index in [2.05, 4.69) is 10.1 Å². The first-order chi connectivity index (χ1) is 10.5. The van der Waals surface area contributed by atoms with E-state index in [1.54, 1.807) is 10.8 Å². The van der Waals surface area contributed by atoms with Gasteiger partial charge in [-0.1, -0.05) is 17.7 Å². The average Bonchev–Trinajstić information content (AvgIpc) is 2.95. The van der Waals surface area contributed by atoms with E-state index in [9.17, 15) is 4.79 Å². The van der Waals surface area contributed by atoms with Gasteiger partial charge in [-0.2, -0.15) is 5.10 Å². The third-order valence-corrected chi connectivity index (χ3v) is 3.77. The van der Waals surface area contributed by atoms with Gasteiger partial charge in [0.2, 0.25) is 5.90 Å². The summed E-state index contributed by atoms with van der Waals surface area (Å²) in [6.07, 6.45) is 1.74. The van der Waals surface area contributed by atoms with Crippen LogP contribution in [0.15, 0.2) is 35.0 Å². The lowest BCUT2D eigenvalue weighted by Gasteiger charge is -1.99. The van der Waals surface area contributed by atoms with E-state index in [0.717, 1.165) is 28.1 Å². The van der Waals surface area contributed by atoms with E-state index in [0.29, 0.717) is 11.6 Å². The molecule has 112 valence electrons. The summed E-state index contributed by atoms with van der Waals surface area (Å²) in [6, 6.07) is 7.71. The van der Waals surface area contributed by atoms with E-state index in [4.69, 9.17) is 4.74 Å². The molecule has 0 saturated carbocycles. The molecule has 0 spiro atoms. The number of aliphatic imine (C=N–C) groups is 1. The molecule has 2 heterocycles. The SMILES string of the molecule is Cc1ccc(C2=NC(=Cc3c(C)nn(C)c3C)C(=O)O2)cc1. The Bertz CT molecular complexity index is 811. The van der Waals surface area contributed by atoms with E-state index in [1.165, 1.54) is 0 Å². The number of esters is 1. The Hall–Kier alpha value is -2.69. The molecule has 0 fully saturated rings. The second-order valence-corrected chi connectivity index (χ2v) is 5.41. The highest BCUT2D eigenvalue weighted by Gasteiger charge is 2.25. The first-order valence-electron chi connectivity index (χ1n) is 7.05. The molecule has 2 aromatic rings. The van der Waals surface area contributed by atoms with Crippen LogP contribution >= 0.6 is 0 Å². The topological polar surface area (TPSA) is 56.5 Å². The van der Waals surface area contributed by atoms with E-state index in [1.807, 2.05) is 52.1 Å². The fourth-order valence-electron chi connectivity index (χ4n) is 2.36. The number of benzene rings is 1. The van der Waals surface area contributed by atoms with Crippen LogP contribution < -0.4 is 0 Å². The second-order valence-electron chi connectivity index (χ2n) is 5.41. The minimum atomic E-state index is -0.432. The molecule has 3 rings (SSSR count). The molecule has 1 aliphatic rings. The zero-order chi connectivity index (χ0) is 15.9. The molecule has 0 atom stereocenters. The standard InChI is InChI=1S/C17H17N3O2/c1-10-5-7-13(8-6-10)16-18-15(17(21)22-16)9-14-11(2)19-20(4)12(14)3/h5-9H,1-4H3. The Balaban J connectivity index is 1.99. The van der Waals surface area contributed by atoms with Crippen molar-refractivity contribution in [3.63, 3.8) is 0 Å². The van der Waals surface area contributed by atoms with Crippen molar-refractivity contribution < 1.29 is 9.53 Å². The lowest BCUT2D eigenvalue weighted by molar-refractivity contribution is -0.129. The van der Waals surface area contributed by atoms with Crippen LogP contribution in [0.1, 0.15) is 28.1 Å². The van der Waals surface area contributed by atoms with E-state index in [-0.39, 0.29) is 0 Å². The largest absolute Gasteiger partial charge is 0.402 e. The van der Waals surface area contributed by atoms with Gasteiger partial charge >= 0.3 is 5.97 Å². The van der Waals surface area contributed by atoms with E-state index < -0.39 is 5.97 Å². The fraction of sp³-hybridized carbons (Fsp3) is 0.235. The number of hydrogen-bond donors (Lipinski definition) is 0. The van der Waals surface area contributed by atoms with Crippen LogP contribution in [0.5, 0.6) is 0 Å². The summed E-state index contributed by atoms with van der Waals surface area (Å²) in [5.41, 5.74) is 4.99. The zero-order valence-electron chi connectivity index (χ0n) is 13.0. The summed E-state index contributed by atoms with van der Waals surface area (Å²) in [4.78, 5) is 16.4. The highest BCUT2D eigenvalue weighted by Crippen LogP contribution is 2.22. The minimum Gasteiger partial charge on any atom is -0.402 e. The van der Waals surface area contributed by atoms with Crippen molar-refractivity contribution >= 4 is 17.9 Å². The molecule has 0 N–H and O–H groups in total. The van der Waals surface area contributed by atoms with Gasteiger partial charge in [0.1, 0.15) is 0 Å². The Morgan fingerprint density at radius 1 is 1.14 bits per heavy atom. The summed E-state index contributed by atoms with van der Waals surface area (Å²) in [5.74, 6) is -0.0892. The zero-order valence-corrected chi connectivity index (χ0v) is 13.0. The summed E-state index contributed by atoms with van der Waals surface area (Å²) in [7, 11) is 1.87. The number of nitrogens with zero attached hydrogens (tertiary/aromatic N) is 3. The van der Waals surface area contributed by atoms with Gasteiger partial charge < -0.3 is 4.74 Å². The molecular formula is C17H17N3O2. The Morgan fingerprint density at radius 2 is 1.82 bits per heavy atom. The smallest absolute Gasteiger partial charge is 0.363 e. The molecule has 5 nitrogen and oxygen atoms in total. The molecule has 0 unspecified atom stereocenters. The lowest BCUT2D eigenvalue weighted by Crippen LogP contribution is -2.05. The number of rotatable bonds is 2. The first kappa shape index (κ1) is 14.3. The van der Waals surface area contributed by atoms with Gasteiger partial charge in [0.15, 0.2) is 5.70 Å². The van der Waals surface area contributed by atoms with Crippen molar-refractivity contribution in [1.29, 1.82) is 0 Å². The average molecular weight is 295 g/mol. The van der Waals surface area contributed by atoms with Gasteiger partial charge in [-0.25, -0.2) is 9.79 Å². The van der Waals surface area contributed by atoms with Crippen LogP contribution in [0, 0.1) is 20.8 Å². The van der Waals surface area contributed by atoms with Gasteiger partial charge in [-0.3, -0.25) is 4.68 Å². The molecule has 1 aromatic heterocycles. The number of aromatic nitrogens is 2. The number of hydrogen-bond acceptors (Lipinski definition) is 4. The van der Waals surface area contributed by atoms with Crippen molar-refractivity contribution in [2.24, 2.45) is 12.0 Å². The van der Waals surface area contributed by atoms with Crippen LogP contribution in [-0.4, -0.2) is 21.6 Å². The first-order valence-corrected chi connectivity index (χ1v) is 7.05. The number of carbonyl (C=O) groups is 1. The second kappa shape index (κ2) is 5.26. The van der Waals surface area contributed by atoms with Crippen LogP contribution in [0.3, 0.4) is 0 Å². The predicted molar refractivity (Wildman–Crippen MR) is 84.5 cm³/mol. The van der Waals surface area contributed by atoms with E-state index >= 15 is 0 Å². The van der Waals surface area contributed by atoms with Crippen molar-refractivity contribution in [3.05, 3.63) is 58.0 Å². The van der Waals surface area contributed by atoms with Gasteiger partial charge in [0, 0.05) is 23.9 Å². The van der Waals surface area contributed by atoms with Gasteiger partial charge in [-0.15, -0.1) is 0 Å². The molecule has 0 amide bonds. The molecule has 0 saturated heterocycles. The quantitative estimate of drug-likeness (QED) is 0.632. The molecule has 0 radical (unpaired) electrons. The van der Waals surface area contributed by atoms with Gasteiger partial charge in [0.25, 0.3) is 0 Å². The van der Waals surface area contributed by atoms with Gasteiger partial charge in [-0.05, 0) is 39.0 Å². The molecule has 0 bridgehead atoms. The molecule has 22 heavy (non-hydrogen) atoms. The van der Waals surface area contributed by atoms with Crippen molar-refractivity contribution in [2.75, 3.05) is 0 Å². The maximum Gasteiger partial charge on any atom is 0.363 e. The van der Waals surface area contributed by atoms with Crippen molar-refractivity contribution in [2.45, 2.75) is 20.8 Å². The maximum absolute atomic E-state index is 12.0. The minimum absolute atomic E-state index is 0.301. The molecule has 0 aliphatic carbocycles. The maximum atomic E-state index is 12.0. The number of cyclic esters (lactones) is 1. The summed E-state index contributed by atoms with van der Waals surface area (Å²) in [5, 5.41) is 4.34. The van der Waals surface area contributed by atoms with Crippen molar-refractivity contribution in [1.82, 2.24) is 9.78 Å². The van der Waals surface area contributed by atoms with Crippen LogP contribution in [0.4, 0.5) is 0 Å². The number of ether oxygens (including phenoxy) is 1. The lowest BCUT2D eigenvalue weighted by atomic mass is 10.1. The highest BCUT2D eigenvalue weighted by atomic mass is 16.6. The Kier molecular flexibility index (Phi) is 3.41. The summed E-state index contributed by atoms with van der Waals surface area (Å²) in [6.45, 7) is 5.87. The number of carbonyl (C=O) groups excluding carboxylic acids is 1. The summed E-state index contributed by atoms with van der Waals surface area (Å²) < 4.78 is 7.06. The van der Waals surface area contributed by atoms with Crippen LogP contribution in [0.2, 0.25) is 0 Å². The van der Waals surface area contributed by atoms with Gasteiger partial charge in [0.05, 0.1) is 5.69 Å². The highest BCUT2D eigenvalue weighted by molar-refractivity contribution is 6.12. The normalized spacial score (nSPS) is 16.1. The summed E-state index contributed by atoms with van der Waals surface area (Å²) >= 11 is 0.